The molecule has 0 amide bonds. The molecule has 0 aliphatic heterocycles. The molecular weight excluding hydrogens is 278 g/mol. The second-order valence-corrected chi connectivity index (χ2v) is 5.15. The van der Waals surface area contributed by atoms with Crippen molar-refractivity contribution in [3.63, 3.8) is 0 Å². The molecule has 0 radical (unpaired) electrons. The number of rotatable bonds is 6. The third-order valence-corrected chi connectivity index (χ3v) is 3.87. The van der Waals surface area contributed by atoms with Gasteiger partial charge in [0, 0.05) is 15.9 Å². The van der Waals surface area contributed by atoms with Crippen LogP contribution in [0.3, 0.4) is 0 Å². The van der Waals surface area contributed by atoms with Gasteiger partial charge in [-0.3, -0.25) is 9.69 Å². The first-order valence-electron chi connectivity index (χ1n) is 4.79. The summed E-state index contributed by atoms with van der Waals surface area (Å²) < 4.78 is 1.07. The quantitative estimate of drug-likeness (QED) is 0.876. The van der Waals surface area contributed by atoms with E-state index in [0.717, 1.165) is 17.4 Å². The smallest absolute Gasteiger partial charge is 0.317 e. The number of hydrogen-bond donors (Lipinski definition) is 1. The molecular formula is C10H14BrNO2S. The molecule has 1 aromatic rings. The van der Waals surface area contributed by atoms with E-state index in [9.17, 15) is 4.79 Å². The van der Waals surface area contributed by atoms with Crippen molar-refractivity contribution in [2.45, 2.75) is 19.9 Å². The molecule has 0 saturated heterocycles. The maximum atomic E-state index is 10.6. The van der Waals surface area contributed by atoms with E-state index in [1.807, 2.05) is 16.3 Å². The van der Waals surface area contributed by atoms with Gasteiger partial charge < -0.3 is 5.11 Å². The van der Waals surface area contributed by atoms with Crippen molar-refractivity contribution >= 4 is 33.2 Å². The second kappa shape index (κ2) is 6.25. The zero-order valence-corrected chi connectivity index (χ0v) is 11.0. The van der Waals surface area contributed by atoms with E-state index in [-0.39, 0.29) is 6.54 Å². The first kappa shape index (κ1) is 12.7. The first-order valence-corrected chi connectivity index (χ1v) is 6.46. The predicted octanol–water partition coefficient (Wildman–Crippen LogP) is 2.81. The molecule has 15 heavy (non-hydrogen) atoms. The lowest BCUT2D eigenvalue weighted by atomic mass is 10.3. The van der Waals surface area contributed by atoms with Gasteiger partial charge >= 0.3 is 5.97 Å². The molecule has 0 spiro atoms. The standard InChI is InChI=1S/C10H14BrNO2S/c1-2-4-12(7-10(13)14)6-9-8(11)3-5-15-9/h3,5H,2,4,6-7H2,1H3,(H,13,14). The van der Waals surface area contributed by atoms with Gasteiger partial charge in [0.15, 0.2) is 0 Å². The Morgan fingerprint density at radius 3 is 2.87 bits per heavy atom. The van der Waals surface area contributed by atoms with Gasteiger partial charge in [-0.05, 0) is 40.3 Å². The summed E-state index contributed by atoms with van der Waals surface area (Å²) in [7, 11) is 0. The van der Waals surface area contributed by atoms with E-state index in [1.54, 1.807) is 11.3 Å². The molecule has 0 fully saturated rings. The zero-order chi connectivity index (χ0) is 11.3. The molecule has 0 aliphatic rings. The van der Waals surface area contributed by atoms with Crippen LogP contribution in [0.1, 0.15) is 18.2 Å². The van der Waals surface area contributed by atoms with E-state index >= 15 is 0 Å². The predicted molar refractivity (Wildman–Crippen MR) is 65.2 cm³/mol. The van der Waals surface area contributed by atoms with Gasteiger partial charge in [-0.1, -0.05) is 6.92 Å². The number of carboxylic acids is 1. The number of nitrogens with zero attached hydrogens (tertiary/aromatic N) is 1. The Morgan fingerprint density at radius 2 is 2.40 bits per heavy atom. The summed E-state index contributed by atoms with van der Waals surface area (Å²) in [5, 5.41) is 10.8. The summed E-state index contributed by atoms with van der Waals surface area (Å²) in [6, 6.07) is 1.99. The highest BCUT2D eigenvalue weighted by Gasteiger charge is 2.11. The van der Waals surface area contributed by atoms with Crippen LogP contribution in [0.25, 0.3) is 0 Å². The molecule has 0 atom stereocenters. The molecule has 0 aliphatic carbocycles. The van der Waals surface area contributed by atoms with Crippen molar-refractivity contribution in [3.8, 4) is 0 Å². The maximum absolute atomic E-state index is 10.6. The molecule has 5 heteroatoms. The van der Waals surface area contributed by atoms with Crippen LogP contribution in [0.2, 0.25) is 0 Å². The van der Waals surface area contributed by atoms with E-state index in [1.165, 1.54) is 4.88 Å². The van der Waals surface area contributed by atoms with E-state index in [0.29, 0.717) is 6.54 Å². The Hall–Kier alpha value is -0.390. The van der Waals surface area contributed by atoms with Crippen molar-refractivity contribution in [2.24, 2.45) is 0 Å². The van der Waals surface area contributed by atoms with Gasteiger partial charge in [-0.25, -0.2) is 0 Å². The molecule has 0 bridgehead atoms. The van der Waals surface area contributed by atoms with Gasteiger partial charge in [-0.2, -0.15) is 0 Å². The minimum Gasteiger partial charge on any atom is -0.480 e. The lowest BCUT2D eigenvalue weighted by molar-refractivity contribution is -0.138. The van der Waals surface area contributed by atoms with Crippen LogP contribution in [0, 0.1) is 0 Å². The molecule has 1 N–H and O–H groups in total. The summed E-state index contributed by atoms with van der Waals surface area (Å²) >= 11 is 5.10. The fourth-order valence-electron chi connectivity index (χ4n) is 1.36. The number of thiophene rings is 1. The summed E-state index contributed by atoms with van der Waals surface area (Å²) in [6.07, 6.45) is 0.969. The number of halogens is 1. The fraction of sp³-hybridized carbons (Fsp3) is 0.500. The summed E-state index contributed by atoms with van der Waals surface area (Å²) in [5.74, 6) is -0.767. The molecule has 0 saturated carbocycles. The molecule has 0 unspecified atom stereocenters. The van der Waals surface area contributed by atoms with Crippen molar-refractivity contribution in [1.82, 2.24) is 4.90 Å². The normalized spacial score (nSPS) is 10.9. The van der Waals surface area contributed by atoms with Gasteiger partial charge in [0.25, 0.3) is 0 Å². The third-order valence-electron chi connectivity index (χ3n) is 1.96. The van der Waals surface area contributed by atoms with Crippen LogP contribution < -0.4 is 0 Å². The second-order valence-electron chi connectivity index (χ2n) is 3.30. The summed E-state index contributed by atoms with van der Waals surface area (Å²) in [5.41, 5.74) is 0. The molecule has 3 nitrogen and oxygen atoms in total. The minimum atomic E-state index is -0.767. The monoisotopic (exact) mass is 291 g/mol. The van der Waals surface area contributed by atoms with Gasteiger partial charge in [-0.15, -0.1) is 11.3 Å². The largest absolute Gasteiger partial charge is 0.480 e. The van der Waals surface area contributed by atoms with Crippen LogP contribution in [-0.4, -0.2) is 29.1 Å². The van der Waals surface area contributed by atoms with Gasteiger partial charge in [0.05, 0.1) is 6.54 Å². The van der Waals surface area contributed by atoms with Crippen molar-refractivity contribution in [3.05, 3.63) is 20.8 Å². The van der Waals surface area contributed by atoms with Crippen molar-refractivity contribution in [2.75, 3.05) is 13.1 Å². The van der Waals surface area contributed by atoms with Crippen LogP contribution in [0.15, 0.2) is 15.9 Å². The van der Waals surface area contributed by atoms with Gasteiger partial charge in [0.2, 0.25) is 0 Å². The zero-order valence-electron chi connectivity index (χ0n) is 8.57. The van der Waals surface area contributed by atoms with Crippen molar-refractivity contribution < 1.29 is 9.90 Å². The molecule has 0 aromatic carbocycles. The Balaban J connectivity index is 2.58. The fourth-order valence-corrected chi connectivity index (χ4v) is 2.88. The Bertz CT molecular complexity index is 327. The molecule has 1 heterocycles. The number of carbonyl (C=O) groups is 1. The molecule has 84 valence electrons. The maximum Gasteiger partial charge on any atom is 0.317 e. The van der Waals surface area contributed by atoms with Crippen LogP contribution in [0.4, 0.5) is 0 Å². The number of hydrogen-bond acceptors (Lipinski definition) is 3. The highest BCUT2D eigenvalue weighted by molar-refractivity contribution is 9.10. The molecule has 1 rings (SSSR count). The van der Waals surface area contributed by atoms with Crippen LogP contribution >= 0.6 is 27.3 Å². The van der Waals surface area contributed by atoms with Crippen LogP contribution in [-0.2, 0) is 11.3 Å². The highest BCUT2D eigenvalue weighted by Crippen LogP contribution is 2.24. The number of aliphatic carboxylic acids is 1. The average molecular weight is 292 g/mol. The lowest BCUT2D eigenvalue weighted by Gasteiger charge is -2.18. The summed E-state index contributed by atoms with van der Waals surface area (Å²) in [6.45, 7) is 3.69. The van der Waals surface area contributed by atoms with Gasteiger partial charge in [0.1, 0.15) is 0 Å². The highest BCUT2D eigenvalue weighted by atomic mass is 79.9. The van der Waals surface area contributed by atoms with E-state index < -0.39 is 5.97 Å². The van der Waals surface area contributed by atoms with Crippen LogP contribution in [0.5, 0.6) is 0 Å². The minimum absolute atomic E-state index is 0.109. The Labute approximate surface area is 102 Å². The number of carboxylic acid groups (broad SMARTS) is 1. The Kier molecular flexibility index (Phi) is 5.28. The average Bonchev–Trinajstić information content (AvgIpc) is 2.51. The molecule has 1 aromatic heterocycles. The van der Waals surface area contributed by atoms with E-state index in [4.69, 9.17) is 5.11 Å². The Morgan fingerprint density at radius 1 is 1.67 bits per heavy atom. The topological polar surface area (TPSA) is 40.5 Å². The van der Waals surface area contributed by atoms with E-state index in [2.05, 4.69) is 22.9 Å². The lowest BCUT2D eigenvalue weighted by Crippen LogP contribution is -2.29. The first-order chi connectivity index (χ1) is 7.13. The third kappa shape index (κ3) is 4.32. The SMILES string of the molecule is CCCN(CC(=O)O)Cc1sccc1Br. The van der Waals surface area contributed by atoms with Crippen molar-refractivity contribution in [1.29, 1.82) is 0 Å². The summed E-state index contributed by atoms with van der Waals surface area (Å²) in [4.78, 5) is 13.8.